The monoisotopic (exact) mass is 194 g/mol. The molecule has 0 radical (unpaired) electrons. The Balaban J connectivity index is 1.83. The topological polar surface area (TPSA) is 32.3 Å². The Morgan fingerprint density at radius 2 is 2.29 bits per heavy atom. The van der Waals surface area contributed by atoms with Crippen molar-refractivity contribution in [3.8, 4) is 0 Å². The number of rotatable bonds is 0. The van der Waals surface area contributed by atoms with Gasteiger partial charge in [0.25, 0.3) is 0 Å². The Hall–Kier alpha value is -0.570. The number of carbonyl (C=O) groups excluding carboxylic acids is 1. The van der Waals surface area contributed by atoms with Crippen molar-refractivity contribution in [1.82, 2.24) is 10.2 Å². The van der Waals surface area contributed by atoms with Gasteiger partial charge in [-0.25, -0.2) is 0 Å². The van der Waals surface area contributed by atoms with Crippen molar-refractivity contribution in [2.75, 3.05) is 19.6 Å². The zero-order chi connectivity index (χ0) is 9.54. The number of hydrogen-bond donors (Lipinski definition) is 1. The number of amides is 1. The average molecular weight is 194 g/mol. The Morgan fingerprint density at radius 1 is 1.36 bits per heavy atom. The first-order chi connectivity index (χ1) is 6.84. The van der Waals surface area contributed by atoms with Gasteiger partial charge in [-0.1, -0.05) is 0 Å². The number of piperidine rings is 3. The fourth-order valence-corrected chi connectivity index (χ4v) is 3.45. The van der Waals surface area contributed by atoms with E-state index in [0.29, 0.717) is 11.9 Å². The standard InChI is InChI=1S/C11H18N2O/c14-11-3-1-2-10-9-4-8(5-12-6-9)7-13(10)11/h8-10,12H,1-7H2/t8?,9?,10-/m1/s1. The van der Waals surface area contributed by atoms with Gasteiger partial charge in [0.05, 0.1) is 0 Å². The highest BCUT2D eigenvalue weighted by atomic mass is 16.2. The van der Waals surface area contributed by atoms with Gasteiger partial charge in [0.15, 0.2) is 0 Å². The Morgan fingerprint density at radius 3 is 3.21 bits per heavy atom. The molecule has 3 heteroatoms. The van der Waals surface area contributed by atoms with Crippen molar-refractivity contribution in [3.63, 3.8) is 0 Å². The third kappa shape index (κ3) is 1.26. The van der Waals surface area contributed by atoms with Crippen LogP contribution in [0, 0.1) is 11.8 Å². The molecule has 0 aromatic carbocycles. The molecule has 3 heterocycles. The molecule has 1 amide bonds. The van der Waals surface area contributed by atoms with Gasteiger partial charge >= 0.3 is 0 Å². The zero-order valence-electron chi connectivity index (χ0n) is 8.54. The molecule has 3 nitrogen and oxygen atoms in total. The highest BCUT2D eigenvalue weighted by Gasteiger charge is 2.41. The smallest absolute Gasteiger partial charge is 0.222 e. The Kier molecular flexibility index (Phi) is 2.01. The molecule has 78 valence electrons. The van der Waals surface area contributed by atoms with Crippen molar-refractivity contribution >= 4 is 5.91 Å². The fraction of sp³-hybridized carbons (Fsp3) is 0.909. The number of hydrogen-bond acceptors (Lipinski definition) is 2. The summed E-state index contributed by atoms with van der Waals surface area (Å²) in [7, 11) is 0. The highest BCUT2D eigenvalue weighted by Crippen LogP contribution is 2.35. The van der Waals surface area contributed by atoms with Crippen molar-refractivity contribution in [2.24, 2.45) is 11.8 Å². The number of nitrogens with one attached hydrogen (secondary N) is 1. The predicted octanol–water partition coefficient (Wildman–Crippen LogP) is 0.607. The lowest BCUT2D eigenvalue weighted by Crippen LogP contribution is -2.59. The fourth-order valence-electron chi connectivity index (χ4n) is 3.45. The molecule has 0 aromatic rings. The summed E-state index contributed by atoms with van der Waals surface area (Å²) < 4.78 is 0. The van der Waals surface area contributed by atoms with Crippen molar-refractivity contribution in [2.45, 2.75) is 31.7 Å². The molecule has 3 rings (SSSR count). The molecule has 0 aromatic heterocycles. The van der Waals surface area contributed by atoms with E-state index in [2.05, 4.69) is 10.2 Å². The quantitative estimate of drug-likeness (QED) is 0.612. The molecule has 0 saturated carbocycles. The minimum atomic E-state index is 0.415. The minimum Gasteiger partial charge on any atom is -0.339 e. The van der Waals surface area contributed by atoms with Gasteiger partial charge in [-0.2, -0.15) is 0 Å². The Bertz CT molecular complexity index is 254. The molecule has 14 heavy (non-hydrogen) atoms. The summed E-state index contributed by atoms with van der Waals surface area (Å²) in [6, 6.07) is 0.570. The van der Waals surface area contributed by atoms with Crippen LogP contribution in [0.15, 0.2) is 0 Å². The molecule has 3 atom stereocenters. The van der Waals surface area contributed by atoms with Gasteiger partial charge in [0, 0.05) is 19.0 Å². The van der Waals surface area contributed by atoms with E-state index >= 15 is 0 Å². The molecule has 3 fully saturated rings. The second-order valence-electron chi connectivity index (χ2n) is 5.03. The normalized spacial score (nSPS) is 42.1. The van der Waals surface area contributed by atoms with Crippen LogP contribution in [-0.4, -0.2) is 36.5 Å². The summed E-state index contributed by atoms with van der Waals surface area (Å²) in [6.07, 6.45) is 4.50. The van der Waals surface area contributed by atoms with E-state index < -0.39 is 0 Å². The summed E-state index contributed by atoms with van der Waals surface area (Å²) in [5, 5.41) is 3.50. The van der Waals surface area contributed by atoms with Crippen molar-refractivity contribution < 1.29 is 4.79 Å². The maximum absolute atomic E-state index is 11.8. The molecule has 3 aliphatic rings. The average Bonchev–Trinajstić information content (AvgIpc) is 2.20. The number of carbonyl (C=O) groups is 1. The summed E-state index contributed by atoms with van der Waals surface area (Å²) in [4.78, 5) is 13.9. The first-order valence-electron chi connectivity index (χ1n) is 5.85. The van der Waals surface area contributed by atoms with Gasteiger partial charge in [-0.05, 0) is 44.2 Å². The van der Waals surface area contributed by atoms with E-state index in [4.69, 9.17) is 0 Å². The van der Waals surface area contributed by atoms with Crippen LogP contribution in [0.1, 0.15) is 25.7 Å². The third-order valence-corrected chi connectivity index (χ3v) is 4.09. The van der Waals surface area contributed by atoms with Crippen LogP contribution in [0.3, 0.4) is 0 Å². The maximum Gasteiger partial charge on any atom is 0.222 e. The lowest BCUT2D eigenvalue weighted by atomic mass is 9.77. The van der Waals surface area contributed by atoms with Crippen LogP contribution in [0.4, 0.5) is 0 Å². The highest BCUT2D eigenvalue weighted by molar-refractivity contribution is 5.77. The second-order valence-corrected chi connectivity index (χ2v) is 5.03. The minimum absolute atomic E-state index is 0.415. The third-order valence-electron chi connectivity index (χ3n) is 4.09. The molecule has 3 aliphatic heterocycles. The van der Waals surface area contributed by atoms with E-state index in [1.165, 1.54) is 12.8 Å². The van der Waals surface area contributed by atoms with Crippen LogP contribution in [0.2, 0.25) is 0 Å². The summed E-state index contributed by atoms with van der Waals surface area (Å²) in [5.74, 6) is 1.89. The lowest BCUT2D eigenvalue weighted by Gasteiger charge is -2.49. The van der Waals surface area contributed by atoms with Crippen LogP contribution >= 0.6 is 0 Å². The summed E-state index contributed by atoms with van der Waals surface area (Å²) in [5.41, 5.74) is 0. The Labute approximate surface area is 84.8 Å². The number of nitrogens with zero attached hydrogens (tertiary/aromatic N) is 1. The first-order valence-corrected chi connectivity index (χ1v) is 5.85. The van der Waals surface area contributed by atoms with Gasteiger partial charge in [0.1, 0.15) is 0 Å². The molecule has 2 unspecified atom stereocenters. The van der Waals surface area contributed by atoms with Gasteiger partial charge in [-0.15, -0.1) is 0 Å². The molecule has 0 aliphatic carbocycles. The lowest BCUT2D eigenvalue weighted by molar-refractivity contribution is -0.142. The molecule has 2 bridgehead atoms. The van der Waals surface area contributed by atoms with Crippen LogP contribution in [0.25, 0.3) is 0 Å². The summed E-state index contributed by atoms with van der Waals surface area (Å²) >= 11 is 0. The van der Waals surface area contributed by atoms with E-state index in [1.54, 1.807) is 0 Å². The van der Waals surface area contributed by atoms with E-state index in [9.17, 15) is 4.79 Å². The van der Waals surface area contributed by atoms with Crippen LogP contribution < -0.4 is 5.32 Å². The predicted molar refractivity (Wildman–Crippen MR) is 53.8 cm³/mol. The van der Waals surface area contributed by atoms with E-state index in [1.807, 2.05) is 0 Å². The number of fused-ring (bicyclic) bond motifs is 4. The summed E-state index contributed by atoms with van der Waals surface area (Å²) in [6.45, 7) is 3.27. The molecular weight excluding hydrogens is 176 g/mol. The molecule has 1 N–H and O–H groups in total. The van der Waals surface area contributed by atoms with Gasteiger partial charge in [0.2, 0.25) is 5.91 Å². The van der Waals surface area contributed by atoms with Gasteiger partial charge in [-0.3, -0.25) is 4.79 Å². The van der Waals surface area contributed by atoms with E-state index in [0.717, 1.165) is 44.3 Å². The van der Waals surface area contributed by atoms with E-state index in [-0.39, 0.29) is 0 Å². The SMILES string of the molecule is O=C1CCC[C@@H]2C3CNCC(C3)CN12. The maximum atomic E-state index is 11.8. The largest absolute Gasteiger partial charge is 0.339 e. The van der Waals surface area contributed by atoms with Crippen molar-refractivity contribution in [3.05, 3.63) is 0 Å². The van der Waals surface area contributed by atoms with Crippen LogP contribution in [-0.2, 0) is 4.79 Å². The van der Waals surface area contributed by atoms with Crippen molar-refractivity contribution in [1.29, 1.82) is 0 Å². The molecule has 3 saturated heterocycles. The zero-order valence-corrected chi connectivity index (χ0v) is 8.54. The molecule has 0 spiro atoms. The van der Waals surface area contributed by atoms with Gasteiger partial charge < -0.3 is 10.2 Å². The second kappa shape index (κ2) is 3.23. The van der Waals surface area contributed by atoms with Crippen LogP contribution in [0.5, 0.6) is 0 Å². The first kappa shape index (κ1) is 8.72. The molecular formula is C11H18N2O.